The van der Waals surface area contributed by atoms with Gasteiger partial charge in [-0.2, -0.15) is 8.78 Å². The Balaban J connectivity index is 0.00000171. The minimum Gasteiger partial charge on any atom is -0.505 e. The predicted molar refractivity (Wildman–Crippen MR) is 175 cm³/mol. The molecule has 0 bridgehead atoms. The molecule has 1 atom stereocenters. The first-order chi connectivity index (χ1) is 23.6. The molecule has 0 amide bonds. The number of ether oxygens (including phenoxy) is 3. The summed E-state index contributed by atoms with van der Waals surface area (Å²) in [7, 11) is 0. The van der Waals surface area contributed by atoms with Crippen LogP contribution in [-0.2, 0) is 0 Å². The Labute approximate surface area is 282 Å². The Bertz CT molecular complexity index is 1680. The minimum atomic E-state index is -1.45. The zero-order valence-corrected chi connectivity index (χ0v) is 27.2. The monoisotopic (exact) mass is 690 g/mol. The molecule has 1 fully saturated rings. The number of phenolic OH excluding ortho intramolecular Hbond substituents is 1. The molecule has 1 aliphatic carbocycles. The maximum Gasteiger partial charge on any atom is 0.201 e. The lowest BCUT2D eigenvalue weighted by atomic mass is 10.0. The van der Waals surface area contributed by atoms with Crippen molar-refractivity contribution in [1.29, 1.82) is 0 Å². The smallest absolute Gasteiger partial charge is 0.201 e. The van der Waals surface area contributed by atoms with E-state index in [1.54, 1.807) is 6.92 Å². The van der Waals surface area contributed by atoms with Crippen LogP contribution in [0.4, 0.5) is 26.3 Å². The van der Waals surface area contributed by atoms with Gasteiger partial charge in [-0.25, -0.2) is 17.6 Å². The van der Waals surface area contributed by atoms with Crippen molar-refractivity contribution >= 4 is 0 Å². The molecule has 0 aromatic heterocycles. The van der Waals surface area contributed by atoms with Crippen molar-refractivity contribution in [2.45, 2.75) is 70.8 Å². The Hall–Kier alpha value is -4.38. The fraction of sp³-hybridized carbons (Fsp3) is 0.368. The van der Waals surface area contributed by atoms with Gasteiger partial charge >= 0.3 is 0 Å². The normalized spacial score (nSPS) is 12.6. The highest BCUT2D eigenvalue weighted by Crippen LogP contribution is 2.34. The van der Waals surface area contributed by atoms with E-state index in [4.69, 9.17) is 14.2 Å². The maximum absolute atomic E-state index is 14.7. The van der Waals surface area contributed by atoms with Gasteiger partial charge in [0.25, 0.3) is 0 Å². The van der Waals surface area contributed by atoms with Gasteiger partial charge in [0.2, 0.25) is 11.6 Å². The summed E-state index contributed by atoms with van der Waals surface area (Å²) in [5, 5.41) is 19.5. The summed E-state index contributed by atoms with van der Waals surface area (Å²) >= 11 is 0. The van der Waals surface area contributed by atoms with Gasteiger partial charge in [-0.15, -0.1) is 0 Å². The van der Waals surface area contributed by atoms with Crippen LogP contribution in [0.2, 0.25) is 0 Å². The molecule has 11 heteroatoms. The highest BCUT2D eigenvalue weighted by molar-refractivity contribution is 5.67. The molecular weight excluding hydrogens is 650 g/mol. The van der Waals surface area contributed by atoms with Crippen molar-refractivity contribution in [2.75, 3.05) is 19.8 Å². The Morgan fingerprint density at radius 1 is 0.571 bits per heavy atom. The molecule has 0 spiro atoms. The number of rotatable bonds is 16. The van der Waals surface area contributed by atoms with Gasteiger partial charge in [0.15, 0.2) is 23.1 Å². The van der Waals surface area contributed by atoms with Crippen LogP contribution in [0.15, 0.2) is 60.7 Å². The highest BCUT2D eigenvalue weighted by Gasteiger charge is 2.19. The van der Waals surface area contributed by atoms with E-state index in [1.807, 2.05) is 0 Å². The molecule has 0 aliphatic heterocycles. The average molecular weight is 691 g/mol. The first kappa shape index (κ1) is 37.4. The Kier molecular flexibility index (Phi) is 14.1. The van der Waals surface area contributed by atoms with Crippen LogP contribution < -0.4 is 14.2 Å². The summed E-state index contributed by atoms with van der Waals surface area (Å²) in [6.45, 7) is 2.33. The molecule has 1 aliphatic rings. The molecule has 0 saturated heterocycles. The summed E-state index contributed by atoms with van der Waals surface area (Å²) in [5.74, 6) is -7.39. The molecule has 49 heavy (non-hydrogen) atoms. The van der Waals surface area contributed by atoms with Gasteiger partial charge in [0, 0.05) is 34.4 Å². The van der Waals surface area contributed by atoms with Gasteiger partial charge in [-0.3, -0.25) is 0 Å². The number of halogens is 6. The van der Waals surface area contributed by atoms with Gasteiger partial charge < -0.3 is 24.4 Å². The fourth-order valence-electron chi connectivity index (χ4n) is 4.85. The number of phenols is 1. The van der Waals surface area contributed by atoms with Crippen molar-refractivity contribution in [2.24, 2.45) is 0 Å². The second kappa shape index (κ2) is 18.4. The molecule has 0 heterocycles. The lowest BCUT2D eigenvalue weighted by Gasteiger charge is -2.13. The SMILES string of the molecule is C1CC1.CCOc1ccc(-c2ccc(OCCCCC(O)CCCCOc3ccc(-c4ccc(O)c(F)c4F)c(F)c3)cc2F)c(F)c1F. The van der Waals surface area contributed by atoms with E-state index in [-0.39, 0.29) is 59.3 Å². The van der Waals surface area contributed by atoms with E-state index in [0.717, 1.165) is 24.3 Å². The number of benzene rings is 4. The third kappa shape index (κ3) is 10.8. The second-order valence-electron chi connectivity index (χ2n) is 11.6. The van der Waals surface area contributed by atoms with Crippen LogP contribution in [0.25, 0.3) is 22.3 Å². The number of unbranched alkanes of at least 4 members (excludes halogenated alkanes) is 2. The minimum absolute atomic E-state index is 0.106. The third-order valence-corrected chi connectivity index (χ3v) is 7.62. The van der Waals surface area contributed by atoms with E-state index in [0.29, 0.717) is 38.5 Å². The van der Waals surface area contributed by atoms with Gasteiger partial charge in [-0.1, -0.05) is 19.3 Å². The molecular formula is C38H40F6O5. The number of aliphatic hydroxyl groups is 1. The number of hydrogen-bond acceptors (Lipinski definition) is 5. The molecule has 264 valence electrons. The molecule has 4 aromatic rings. The van der Waals surface area contributed by atoms with Crippen LogP contribution in [-0.4, -0.2) is 36.1 Å². The quantitative estimate of drug-likeness (QED) is 0.0905. The van der Waals surface area contributed by atoms with E-state index < -0.39 is 46.8 Å². The van der Waals surface area contributed by atoms with E-state index in [2.05, 4.69) is 0 Å². The molecule has 5 rings (SSSR count). The lowest BCUT2D eigenvalue weighted by Crippen LogP contribution is -2.08. The van der Waals surface area contributed by atoms with Crippen LogP contribution in [0.3, 0.4) is 0 Å². The maximum atomic E-state index is 14.7. The van der Waals surface area contributed by atoms with Crippen molar-refractivity contribution in [3.05, 3.63) is 95.6 Å². The summed E-state index contributed by atoms with van der Waals surface area (Å²) in [6, 6.07) is 12.2. The number of hydrogen-bond donors (Lipinski definition) is 2. The van der Waals surface area contributed by atoms with Crippen molar-refractivity contribution in [1.82, 2.24) is 0 Å². The van der Waals surface area contributed by atoms with E-state index in [9.17, 15) is 36.6 Å². The molecule has 2 N–H and O–H groups in total. The lowest BCUT2D eigenvalue weighted by molar-refractivity contribution is 0.143. The predicted octanol–water partition coefficient (Wildman–Crippen LogP) is 10.3. The topological polar surface area (TPSA) is 68.2 Å². The standard InChI is InChI=1S/C35H34F6O5.C3H6/c1-2-44-31-16-14-27(33(39)35(31)41)25-12-10-23(20-29(25)37)46-18-6-4-8-21(42)7-3-5-17-45-22-9-11-24(28(36)19-22)26-13-15-30(43)34(40)32(26)38;1-2-3-1/h9-16,19-21,42-43H,2-8,17-18H2,1H3;1-3H2. The second-order valence-corrected chi connectivity index (χ2v) is 11.6. The molecule has 1 saturated carbocycles. The first-order valence-electron chi connectivity index (χ1n) is 16.4. The van der Waals surface area contributed by atoms with Gasteiger partial charge in [-0.05, 0) is 94.0 Å². The van der Waals surface area contributed by atoms with Crippen LogP contribution in [0.1, 0.15) is 64.7 Å². The number of aliphatic hydroxyl groups excluding tert-OH is 1. The summed E-state index contributed by atoms with van der Waals surface area (Å²) in [4.78, 5) is 0. The fourth-order valence-corrected chi connectivity index (χ4v) is 4.85. The molecule has 1 unspecified atom stereocenters. The van der Waals surface area contributed by atoms with Gasteiger partial charge in [0.1, 0.15) is 23.1 Å². The summed E-state index contributed by atoms with van der Waals surface area (Å²) < 4.78 is 102. The van der Waals surface area contributed by atoms with Crippen LogP contribution in [0.5, 0.6) is 23.0 Å². The van der Waals surface area contributed by atoms with Crippen molar-refractivity contribution < 1.29 is 50.8 Å². The molecule has 5 nitrogen and oxygen atoms in total. The average Bonchev–Trinajstić information content (AvgIpc) is 3.97. The zero-order valence-electron chi connectivity index (χ0n) is 27.2. The van der Waals surface area contributed by atoms with Crippen LogP contribution >= 0.6 is 0 Å². The molecule has 0 radical (unpaired) electrons. The Morgan fingerprint density at radius 3 is 1.51 bits per heavy atom. The van der Waals surface area contributed by atoms with Crippen molar-refractivity contribution in [3.63, 3.8) is 0 Å². The summed E-state index contributed by atoms with van der Waals surface area (Å²) in [5.41, 5.74) is -0.820. The molecule has 4 aromatic carbocycles. The number of aromatic hydroxyl groups is 1. The van der Waals surface area contributed by atoms with E-state index in [1.165, 1.54) is 55.7 Å². The highest BCUT2D eigenvalue weighted by atomic mass is 19.2. The van der Waals surface area contributed by atoms with E-state index >= 15 is 0 Å². The Morgan fingerprint density at radius 2 is 1.04 bits per heavy atom. The zero-order chi connectivity index (χ0) is 35.3. The van der Waals surface area contributed by atoms with Crippen molar-refractivity contribution in [3.8, 4) is 45.3 Å². The third-order valence-electron chi connectivity index (χ3n) is 7.62. The van der Waals surface area contributed by atoms with Crippen LogP contribution in [0, 0.1) is 34.9 Å². The summed E-state index contributed by atoms with van der Waals surface area (Å²) in [6.07, 6.45) is 7.52. The largest absolute Gasteiger partial charge is 0.505 e. The van der Waals surface area contributed by atoms with Gasteiger partial charge in [0.05, 0.1) is 25.9 Å². The first-order valence-corrected chi connectivity index (χ1v) is 16.4.